The van der Waals surface area contributed by atoms with Gasteiger partial charge in [-0.25, -0.2) is 0 Å². The lowest BCUT2D eigenvalue weighted by Gasteiger charge is -2.31. The van der Waals surface area contributed by atoms with E-state index in [-0.39, 0.29) is 34.5 Å². The van der Waals surface area contributed by atoms with Crippen LogP contribution >= 0.6 is 0 Å². The van der Waals surface area contributed by atoms with Crippen LogP contribution in [0.3, 0.4) is 0 Å². The van der Waals surface area contributed by atoms with Gasteiger partial charge in [0.15, 0.2) is 5.78 Å². The van der Waals surface area contributed by atoms with Crippen molar-refractivity contribution in [1.29, 1.82) is 0 Å². The SMILES string of the molecule is C=CC(=O)NC(C=C1C(=O)C2(C)CCC1C2(C)C)c1ccccc1. The number of hydrogen-bond acceptors (Lipinski definition) is 2. The smallest absolute Gasteiger partial charge is 0.244 e. The van der Waals surface area contributed by atoms with Crippen LogP contribution in [0.4, 0.5) is 0 Å². The molecule has 1 amide bonds. The number of fused-ring (bicyclic) bond motifs is 2. The summed E-state index contributed by atoms with van der Waals surface area (Å²) < 4.78 is 0. The summed E-state index contributed by atoms with van der Waals surface area (Å²) in [5.74, 6) is 0.279. The third-order valence-corrected chi connectivity index (χ3v) is 6.35. The van der Waals surface area contributed by atoms with E-state index in [0.29, 0.717) is 0 Å². The van der Waals surface area contributed by atoms with Crippen LogP contribution in [-0.2, 0) is 9.59 Å². The summed E-state index contributed by atoms with van der Waals surface area (Å²) in [6, 6.07) is 9.44. The highest BCUT2D eigenvalue weighted by atomic mass is 16.1. The highest BCUT2D eigenvalue weighted by Gasteiger charge is 2.63. The Morgan fingerprint density at radius 3 is 2.50 bits per heavy atom. The first kappa shape index (κ1) is 16.7. The Morgan fingerprint density at radius 1 is 1.29 bits per heavy atom. The molecule has 1 aromatic rings. The van der Waals surface area contributed by atoms with Gasteiger partial charge in [-0.05, 0) is 41.4 Å². The lowest BCUT2D eigenvalue weighted by atomic mass is 9.70. The first-order chi connectivity index (χ1) is 11.3. The van der Waals surface area contributed by atoms with E-state index in [2.05, 4.69) is 32.7 Å². The van der Waals surface area contributed by atoms with Gasteiger partial charge in [0.1, 0.15) is 0 Å². The van der Waals surface area contributed by atoms with Gasteiger partial charge in [-0.3, -0.25) is 9.59 Å². The Bertz CT molecular complexity index is 717. The highest BCUT2D eigenvalue weighted by Crippen LogP contribution is 2.65. The fourth-order valence-electron chi connectivity index (χ4n) is 4.39. The summed E-state index contributed by atoms with van der Waals surface area (Å²) >= 11 is 0. The van der Waals surface area contributed by atoms with Crippen molar-refractivity contribution in [3.63, 3.8) is 0 Å². The van der Waals surface area contributed by atoms with E-state index in [9.17, 15) is 9.59 Å². The zero-order valence-electron chi connectivity index (χ0n) is 14.6. The molecule has 3 nitrogen and oxygen atoms in total. The van der Waals surface area contributed by atoms with Gasteiger partial charge in [-0.1, -0.05) is 63.8 Å². The van der Waals surface area contributed by atoms with Crippen LogP contribution in [0.5, 0.6) is 0 Å². The van der Waals surface area contributed by atoms with Crippen molar-refractivity contribution >= 4 is 11.7 Å². The summed E-state index contributed by atoms with van der Waals surface area (Å²) in [5, 5.41) is 2.94. The lowest BCUT2D eigenvalue weighted by molar-refractivity contribution is -0.125. The minimum Gasteiger partial charge on any atom is -0.342 e. The molecule has 0 spiro atoms. The average molecular weight is 323 g/mol. The van der Waals surface area contributed by atoms with Crippen LogP contribution in [0.25, 0.3) is 0 Å². The van der Waals surface area contributed by atoms with E-state index in [1.54, 1.807) is 0 Å². The normalized spacial score (nSPS) is 30.4. The molecule has 3 heteroatoms. The highest BCUT2D eigenvalue weighted by molar-refractivity contribution is 6.04. The zero-order chi connectivity index (χ0) is 17.5. The summed E-state index contributed by atoms with van der Waals surface area (Å²) in [4.78, 5) is 24.9. The van der Waals surface area contributed by atoms with Gasteiger partial charge >= 0.3 is 0 Å². The van der Waals surface area contributed by atoms with E-state index in [1.165, 1.54) is 6.08 Å². The minimum absolute atomic E-state index is 0.0282. The third-order valence-electron chi connectivity index (χ3n) is 6.35. The molecule has 2 bridgehead atoms. The van der Waals surface area contributed by atoms with E-state index in [1.807, 2.05) is 36.4 Å². The maximum atomic E-state index is 13.0. The number of rotatable bonds is 4. The quantitative estimate of drug-likeness (QED) is 0.852. The predicted molar refractivity (Wildman–Crippen MR) is 95.2 cm³/mol. The Labute approximate surface area is 143 Å². The van der Waals surface area contributed by atoms with Gasteiger partial charge in [-0.15, -0.1) is 0 Å². The van der Waals surface area contributed by atoms with Gasteiger partial charge < -0.3 is 5.32 Å². The van der Waals surface area contributed by atoms with Gasteiger partial charge in [0.2, 0.25) is 5.91 Å². The molecule has 0 aromatic heterocycles. The van der Waals surface area contributed by atoms with E-state index in [4.69, 9.17) is 0 Å². The van der Waals surface area contributed by atoms with Crippen LogP contribution < -0.4 is 5.32 Å². The predicted octanol–water partition coefficient (Wildman–Crippen LogP) is 3.98. The second kappa shape index (κ2) is 5.73. The number of nitrogens with one attached hydrogen (secondary N) is 1. The molecule has 3 rings (SSSR count). The van der Waals surface area contributed by atoms with Crippen molar-refractivity contribution in [2.45, 2.75) is 39.7 Å². The van der Waals surface area contributed by atoms with Crippen LogP contribution in [-0.4, -0.2) is 11.7 Å². The summed E-state index contributed by atoms with van der Waals surface area (Å²) in [5.41, 5.74) is 1.54. The van der Waals surface area contributed by atoms with Crippen LogP contribution in [0, 0.1) is 16.7 Å². The van der Waals surface area contributed by atoms with Crippen molar-refractivity contribution in [3.05, 3.63) is 60.2 Å². The molecule has 126 valence electrons. The molecule has 2 aliphatic rings. The summed E-state index contributed by atoms with van der Waals surface area (Å²) in [6.07, 6.45) is 5.23. The molecule has 0 aliphatic heterocycles. The zero-order valence-corrected chi connectivity index (χ0v) is 14.6. The Balaban J connectivity index is 2.01. The number of allylic oxidation sites excluding steroid dienone is 1. The van der Waals surface area contributed by atoms with Crippen molar-refractivity contribution in [1.82, 2.24) is 5.32 Å². The molecule has 1 N–H and O–H groups in total. The maximum absolute atomic E-state index is 13.0. The molecule has 2 aliphatic carbocycles. The van der Waals surface area contributed by atoms with E-state index >= 15 is 0 Å². The Hall–Kier alpha value is -2.16. The number of hydrogen-bond donors (Lipinski definition) is 1. The molecule has 0 saturated heterocycles. The fraction of sp³-hybridized carbons (Fsp3) is 0.429. The molecular weight excluding hydrogens is 298 g/mol. The number of carbonyl (C=O) groups excluding carboxylic acids is 2. The number of carbonyl (C=O) groups is 2. The van der Waals surface area contributed by atoms with Gasteiger partial charge in [0.25, 0.3) is 0 Å². The number of amides is 1. The largest absolute Gasteiger partial charge is 0.342 e. The minimum atomic E-state index is -0.311. The van der Waals surface area contributed by atoms with Crippen molar-refractivity contribution < 1.29 is 9.59 Å². The van der Waals surface area contributed by atoms with Gasteiger partial charge in [-0.2, -0.15) is 0 Å². The standard InChI is InChI=1S/C21H25NO2/c1-5-18(23)22-17(14-9-7-6-8-10-14)13-15-16-11-12-21(4,19(15)24)20(16,2)3/h5-10,13,16-17H,1,11-12H2,2-4H3,(H,22,23). The van der Waals surface area contributed by atoms with E-state index < -0.39 is 0 Å². The number of benzene rings is 1. The molecule has 0 radical (unpaired) electrons. The molecule has 2 saturated carbocycles. The van der Waals surface area contributed by atoms with Crippen LogP contribution in [0.15, 0.2) is 54.6 Å². The fourth-order valence-corrected chi connectivity index (χ4v) is 4.39. The third kappa shape index (κ3) is 2.34. The summed E-state index contributed by atoms with van der Waals surface area (Å²) in [6.45, 7) is 10.0. The van der Waals surface area contributed by atoms with Crippen molar-refractivity contribution in [3.8, 4) is 0 Å². The molecule has 24 heavy (non-hydrogen) atoms. The Kier molecular flexibility index (Phi) is 3.98. The number of Topliss-reactive ketones (excluding diaryl/α,β-unsaturated/α-hetero) is 1. The lowest BCUT2D eigenvalue weighted by Crippen LogP contribution is -2.32. The van der Waals surface area contributed by atoms with E-state index in [0.717, 1.165) is 24.0 Å². The second-order valence-electron chi connectivity index (χ2n) is 7.70. The molecule has 3 atom stereocenters. The van der Waals surface area contributed by atoms with Crippen molar-refractivity contribution in [2.75, 3.05) is 0 Å². The van der Waals surface area contributed by atoms with Crippen molar-refractivity contribution in [2.24, 2.45) is 16.7 Å². The first-order valence-electron chi connectivity index (χ1n) is 8.55. The molecule has 2 fully saturated rings. The van der Waals surface area contributed by atoms with Crippen LogP contribution in [0.2, 0.25) is 0 Å². The molecular formula is C21H25NO2. The van der Waals surface area contributed by atoms with Crippen LogP contribution in [0.1, 0.15) is 45.2 Å². The molecule has 0 heterocycles. The average Bonchev–Trinajstić information content (AvgIpc) is 2.88. The molecule has 1 aromatic carbocycles. The van der Waals surface area contributed by atoms with Gasteiger partial charge in [0.05, 0.1) is 6.04 Å². The second-order valence-corrected chi connectivity index (χ2v) is 7.70. The Morgan fingerprint density at radius 2 is 1.96 bits per heavy atom. The maximum Gasteiger partial charge on any atom is 0.244 e. The summed E-state index contributed by atoms with van der Waals surface area (Å²) in [7, 11) is 0. The van der Waals surface area contributed by atoms with Gasteiger partial charge in [0, 0.05) is 5.41 Å². The monoisotopic (exact) mass is 323 g/mol. The topological polar surface area (TPSA) is 46.2 Å². The number of ketones is 1. The molecule has 3 unspecified atom stereocenters. The first-order valence-corrected chi connectivity index (χ1v) is 8.55.